The lowest BCUT2D eigenvalue weighted by Crippen LogP contribution is -2.22. The number of aryl methyl sites for hydroxylation is 2. The number of benzene rings is 1. The first kappa shape index (κ1) is 15.1. The SMILES string of the molecule is COc1ccc(CNC(=O)c2ccc3[nH]c(C)c(C)c3c2)cn1. The van der Waals surface area contributed by atoms with Crippen molar-refractivity contribution in [3.63, 3.8) is 0 Å². The first-order valence-electron chi connectivity index (χ1n) is 7.44. The third-order valence-corrected chi connectivity index (χ3v) is 4.03. The van der Waals surface area contributed by atoms with Gasteiger partial charge in [-0.1, -0.05) is 6.07 Å². The van der Waals surface area contributed by atoms with E-state index in [9.17, 15) is 4.79 Å². The van der Waals surface area contributed by atoms with Gasteiger partial charge in [0.1, 0.15) is 0 Å². The van der Waals surface area contributed by atoms with Crippen LogP contribution in [-0.2, 0) is 6.54 Å². The molecule has 0 saturated carbocycles. The molecular weight excluding hydrogens is 290 g/mol. The summed E-state index contributed by atoms with van der Waals surface area (Å²) in [7, 11) is 1.57. The summed E-state index contributed by atoms with van der Waals surface area (Å²) in [5.74, 6) is 0.463. The molecule has 0 aliphatic carbocycles. The van der Waals surface area contributed by atoms with Crippen molar-refractivity contribution in [1.29, 1.82) is 0 Å². The van der Waals surface area contributed by atoms with Crippen molar-refractivity contribution in [3.05, 3.63) is 58.9 Å². The highest BCUT2D eigenvalue weighted by atomic mass is 16.5. The molecule has 0 unspecified atom stereocenters. The molecule has 23 heavy (non-hydrogen) atoms. The minimum atomic E-state index is -0.0963. The van der Waals surface area contributed by atoms with E-state index in [-0.39, 0.29) is 5.91 Å². The van der Waals surface area contributed by atoms with Crippen molar-refractivity contribution in [2.75, 3.05) is 7.11 Å². The molecule has 2 N–H and O–H groups in total. The average Bonchev–Trinajstić information content (AvgIpc) is 2.87. The summed E-state index contributed by atoms with van der Waals surface area (Å²) in [6.07, 6.45) is 1.70. The molecule has 0 saturated heterocycles. The van der Waals surface area contributed by atoms with Gasteiger partial charge in [0.05, 0.1) is 7.11 Å². The van der Waals surface area contributed by atoms with Crippen LogP contribution in [0.4, 0.5) is 0 Å². The topological polar surface area (TPSA) is 67.0 Å². The molecule has 0 bridgehead atoms. The minimum Gasteiger partial charge on any atom is -0.481 e. The van der Waals surface area contributed by atoms with Crippen LogP contribution in [0.5, 0.6) is 5.88 Å². The average molecular weight is 309 g/mol. The van der Waals surface area contributed by atoms with Crippen LogP contribution < -0.4 is 10.1 Å². The van der Waals surface area contributed by atoms with Gasteiger partial charge in [-0.2, -0.15) is 0 Å². The number of hydrogen-bond acceptors (Lipinski definition) is 3. The van der Waals surface area contributed by atoms with Crippen LogP contribution >= 0.6 is 0 Å². The fraction of sp³-hybridized carbons (Fsp3) is 0.222. The van der Waals surface area contributed by atoms with Crippen molar-refractivity contribution in [2.24, 2.45) is 0 Å². The molecule has 0 aliphatic heterocycles. The lowest BCUT2D eigenvalue weighted by Gasteiger charge is -2.06. The second kappa shape index (κ2) is 6.12. The maximum absolute atomic E-state index is 12.3. The number of aromatic nitrogens is 2. The molecule has 0 atom stereocenters. The fourth-order valence-corrected chi connectivity index (χ4v) is 2.52. The molecular formula is C18H19N3O2. The zero-order chi connectivity index (χ0) is 16.4. The molecule has 0 spiro atoms. The van der Waals surface area contributed by atoms with Crippen LogP contribution in [0.1, 0.15) is 27.2 Å². The number of methoxy groups -OCH3 is 1. The largest absolute Gasteiger partial charge is 0.481 e. The highest BCUT2D eigenvalue weighted by Gasteiger charge is 2.10. The van der Waals surface area contributed by atoms with Crippen molar-refractivity contribution < 1.29 is 9.53 Å². The van der Waals surface area contributed by atoms with E-state index >= 15 is 0 Å². The van der Waals surface area contributed by atoms with E-state index in [2.05, 4.69) is 22.2 Å². The van der Waals surface area contributed by atoms with E-state index in [4.69, 9.17) is 4.74 Å². The molecule has 3 aromatic rings. The Hall–Kier alpha value is -2.82. The predicted molar refractivity (Wildman–Crippen MR) is 89.7 cm³/mol. The number of nitrogens with one attached hydrogen (secondary N) is 2. The van der Waals surface area contributed by atoms with Gasteiger partial charge in [0.15, 0.2) is 0 Å². The molecule has 0 aliphatic rings. The number of hydrogen-bond donors (Lipinski definition) is 2. The predicted octanol–water partition coefficient (Wildman–Crippen LogP) is 3.12. The van der Waals surface area contributed by atoms with Gasteiger partial charge in [-0.3, -0.25) is 4.79 Å². The van der Waals surface area contributed by atoms with Crippen molar-refractivity contribution in [1.82, 2.24) is 15.3 Å². The van der Waals surface area contributed by atoms with E-state index < -0.39 is 0 Å². The Bertz CT molecular complexity index is 851. The van der Waals surface area contributed by atoms with Crippen LogP contribution in [0.2, 0.25) is 0 Å². The van der Waals surface area contributed by atoms with Crippen LogP contribution in [0.15, 0.2) is 36.5 Å². The standard InChI is InChI=1S/C18H19N3O2/c1-11-12(2)21-16-6-5-14(8-15(11)16)18(22)20-10-13-4-7-17(23-3)19-9-13/h4-9,21H,10H2,1-3H3,(H,20,22). The third-order valence-electron chi connectivity index (χ3n) is 4.03. The van der Waals surface area contributed by atoms with Crippen molar-refractivity contribution >= 4 is 16.8 Å². The molecule has 118 valence electrons. The van der Waals surface area contributed by atoms with E-state index in [1.54, 1.807) is 19.4 Å². The van der Waals surface area contributed by atoms with Gasteiger partial charge in [0.25, 0.3) is 5.91 Å². The summed E-state index contributed by atoms with van der Waals surface area (Å²) in [6, 6.07) is 9.36. The Labute approximate surface area is 134 Å². The summed E-state index contributed by atoms with van der Waals surface area (Å²) in [6.45, 7) is 4.52. The zero-order valence-electron chi connectivity index (χ0n) is 13.4. The van der Waals surface area contributed by atoms with Gasteiger partial charge in [-0.15, -0.1) is 0 Å². The first-order valence-corrected chi connectivity index (χ1v) is 7.44. The first-order chi connectivity index (χ1) is 11.1. The second-order valence-corrected chi connectivity index (χ2v) is 5.53. The molecule has 3 rings (SSSR count). The molecule has 2 aromatic heterocycles. The maximum Gasteiger partial charge on any atom is 0.251 e. The molecule has 2 heterocycles. The summed E-state index contributed by atoms with van der Waals surface area (Å²) in [5, 5.41) is 4.00. The molecule has 1 amide bonds. The van der Waals surface area contributed by atoms with Gasteiger partial charge in [-0.05, 0) is 43.2 Å². The number of rotatable bonds is 4. The molecule has 5 nitrogen and oxygen atoms in total. The van der Waals surface area contributed by atoms with Crippen LogP contribution in [0.3, 0.4) is 0 Å². The normalized spacial score (nSPS) is 10.7. The smallest absolute Gasteiger partial charge is 0.251 e. The maximum atomic E-state index is 12.3. The van der Waals surface area contributed by atoms with Gasteiger partial charge in [-0.25, -0.2) is 4.98 Å². The molecule has 5 heteroatoms. The van der Waals surface area contributed by atoms with E-state index in [0.717, 1.165) is 22.2 Å². The number of carbonyl (C=O) groups is 1. The summed E-state index contributed by atoms with van der Waals surface area (Å²) < 4.78 is 5.02. The number of ether oxygens (including phenoxy) is 1. The number of H-pyrrole nitrogens is 1. The van der Waals surface area contributed by atoms with Crippen molar-refractivity contribution in [3.8, 4) is 5.88 Å². The fourth-order valence-electron chi connectivity index (χ4n) is 2.52. The Morgan fingerprint density at radius 3 is 2.78 bits per heavy atom. The summed E-state index contributed by atoms with van der Waals surface area (Å²) in [5.41, 5.74) is 4.93. The third kappa shape index (κ3) is 3.04. The second-order valence-electron chi connectivity index (χ2n) is 5.53. The highest BCUT2D eigenvalue weighted by Crippen LogP contribution is 2.22. The van der Waals surface area contributed by atoms with Crippen LogP contribution in [-0.4, -0.2) is 23.0 Å². The Morgan fingerprint density at radius 1 is 1.26 bits per heavy atom. The number of nitrogens with zero attached hydrogens (tertiary/aromatic N) is 1. The number of aromatic amines is 1. The van der Waals surface area contributed by atoms with Gasteiger partial charge < -0.3 is 15.0 Å². The highest BCUT2D eigenvalue weighted by molar-refractivity contribution is 5.99. The molecule has 0 radical (unpaired) electrons. The lowest BCUT2D eigenvalue weighted by atomic mass is 10.1. The number of carbonyl (C=O) groups excluding carboxylic acids is 1. The minimum absolute atomic E-state index is 0.0963. The van der Waals surface area contributed by atoms with Gasteiger partial charge in [0, 0.05) is 41.0 Å². The molecule has 0 fully saturated rings. The van der Waals surface area contributed by atoms with E-state index in [1.807, 2.05) is 31.2 Å². The number of fused-ring (bicyclic) bond motifs is 1. The lowest BCUT2D eigenvalue weighted by molar-refractivity contribution is 0.0951. The Morgan fingerprint density at radius 2 is 2.09 bits per heavy atom. The Balaban J connectivity index is 1.73. The Kier molecular flexibility index (Phi) is 4.02. The van der Waals surface area contributed by atoms with Crippen LogP contribution in [0, 0.1) is 13.8 Å². The summed E-state index contributed by atoms with van der Waals surface area (Å²) >= 11 is 0. The van der Waals surface area contributed by atoms with Gasteiger partial charge >= 0.3 is 0 Å². The number of pyridine rings is 1. The van der Waals surface area contributed by atoms with Crippen molar-refractivity contribution in [2.45, 2.75) is 20.4 Å². The summed E-state index contributed by atoms with van der Waals surface area (Å²) in [4.78, 5) is 19.8. The molecule has 1 aromatic carbocycles. The zero-order valence-corrected chi connectivity index (χ0v) is 13.4. The van der Waals surface area contributed by atoms with Crippen LogP contribution in [0.25, 0.3) is 10.9 Å². The van der Waals surface area contributed by atoms with E-state index in [0.29, 0.717) is 18.0 Å². The monoisotopic (exact) mass is 309 g/mol. The quantitative estimate of drug-likeness (QED) is 0.778. The van der Waals surface area contributed by atoms with E-state index in [1.165, 1.54) is 5.56 Å². The van der Waals surface area contributed by atoms with Gasteiger partial charge in [0.2, 0.25) is 5.88 Å². The number of amides is 1.